The van der Waals surface area contributed by atoms with Crippen LogP contribution >= 0.6 is 0 Å². The molecule has 1 atom stereocenters. The van der Waals surface area contributed by atoms with E-state index < -0.39 is 0 Å². The first-order valence-corrected chi connectivity index (χ1v) is 3.51. The van der Waals surface area contributed by atoms with Crippen LogP contribution < -0.4 is 5.32 Å². The van der Waals surface area contributed by atoms with Gasteiger partial charge in [-0.2, -0.15) is 0 Å². The normalized spacial score (nSPS) is 28.8. The molecule has 2 aliphatic heterocycles. The smallest absolute Gasteiger partial charge is 0.0937 e. The summed E-state index contributed by atoms with van der Waals surface area (Å²) < 4.78 is 0. The minimum Gasteiger partial charge on any atom is -0.291 e. The molecule has 0 aromatic heterocycles. The summed E-state index contributed by atoms with van der Waals surface area (Å²) in [6.07, 6.45) is 9.07. The summed E-state index contributed by atoms with van der Waals surface area (Å²) in [5.41, 5.74) is 1.33. The maximum Gasteiger partial charge on any atom is 0.0937 e. The molecule has 1 radical (unpaired) electrons. The zero-order valence-electron chi connectivity index (χ0n) is 5.70. The predicted molar refractivity (Wildman–Crippen MR) is 41.1 cm³/mol. The van der Waals surface area contributed by atoms with Crippen molar-refractivity contribution in [3.8, 4) is 0 Å². The molecular formula is C8H9N2. The first-order valence-electron chi connectivity index (χ1n) is 3.51. The molecule has 51 valence electrons. The molecule has 0 aromatic rings. The first kappa shape index (κ1) is 5.71. The fourth-order valence-corrected chi connectivity index (χ4v) is 1.23. The minimum atomic E-state index is 0.332. The van der Waals surface area contributed by atoms with Gasteiger partial charge >= 0.3 is 0 Å². The standard InChI is InChI=1S/C8H9N2/c1-2-7-3-5-9-6-8(7)10-4-1/h2-5,8H,1,6H2. The molecule has 0 N–H and O–H groups in total. The van der Waals surface area contributed by atoms with Crippen molar-refractivity contribution in [3.63, 3.8) is 0 Å². The van der Waals surface area contributed by atoms with Crippen LogP contribution in [0.5, 0.6) is 0 Å². The molecule has 0 aliphatic carbocycles. The zero-order chi connectivity index (χ0) is 6.81. The lowest BCUT2D eigenvalue weighted by Gasteiger charge is -2.19. The second kappa shape index (κ2) is 2.29. The maximum absolute atomic E-state index is 4.31. The van der Waals surface area contributed by atoms with Gasteiger partial charge in [-0.05, 0) is 11.6 Å². The van der Waals surface area contributed by atoms with E-state index in [9.17, 15) is 0 Å². The van der Waals surface area contributed by atoms with E-state index in [-0.39, 0.29) is 0 Å². The second-order valence-corrected chi connectivity index (χ2v) is 2.47. The predicted octanol–water partition coefficient (Wildman–Crippen LogP) is 0.888. The Morgan fingerprint density at radius 1 is 1.50 bits per heavy atom. The SMILES string of the molecule is C1=CC2=CCC=NC2C[N]1. The van der Waals surface area contributed by atoms with E-state index in [1.165, 1.54) is 5.57 Å². The van der Waals surface area contributed by atoms with Crippen LogP contribution in [0, 0.1) is 0 Å². The highest BCUT2D eigenvalue weighted by Gasteiger charge is 2.14. The highest BCUT2D eigenvalue weighted by atomic mass is 14.9. The molecule has 2 heteroatoms. The molecule has 0 aromatic carbocycles. The molecule has 0 saturated heterocycles. The molecule has 2 nitrogen and oxygen atoms in total. The Morgan fingerprint density at radius 3 is 3.40 bits per heavy atom. The summed E-state index contributed by atoms with van der Waals surface area (Å²) in [6.45, 7) is 0.832. The average molecular weight is 133 g/mol. The summed E-state index contributed by atoms with van der Waals surface area (Å²) in [6, 6.07) is 0.332. The van der Waals surface area contributed by atoms with Gasteiger partial charge in [-0.1, -0.05) is 6.08 Å². The molecule has 10 heavy (non-hydrogen) atoms. The van der Waals surface area contributed by atoms with E-state index in [1.54, 1.807) is 0 Å². The van der Waals surface area contributed by atoms with Crippen LogP contribution in [0.3, 0.4) is 0 Å². The monoisotopic (exact) mass is 133 g/mol. The molecular weight excluding hydrogens is 124 g/mol. The van der Waals surface area contributed by atoms with Crippen molar-refractivity contribution < 1.29 is 0 Å². The van der Waals surface area contributed by atoms with Crippen molar-refractivity contribution in [2.24, 2.45) is 4.99 Å². The van der Waals surface area contributed by atoms with Crippen molar-refractivity contribution in [2.75, 3.05) is 6.54 Å². The Bertz CT molecular complexity index is 213. The third kappa shape index (κ3) is 0.856. The second-order valence-electron chi connectivity index (χ2n) is 2.47. The van der Waals surface area contributed by atoms with Crippen molar-refractivity contribution in [3.05, 3.63) is 23.9 Å². The average Bonchev–Trinajstić information content (AvgIpc) is 2.05. The van der Waals surface area contributed by atoms with Crippen LogP contribution in [0.25, 0.3) is 0 Å². The van der Waals surface area contributed by atoms with Crippen molar-refractivity contribution in [1.82, 2.24) is 5.32 Å². The number of aliphatic imine (C=N–C) groups is 1. The number of hydrogen-bond acceptors (Lipinski definition) is 1. The molecule has 0 saturated carbocycles. The van der Waals surface area contributed by atoms with E-state index in [0.29, 0.717) is 6.04 Å². The van der Waals surface area contributed by atoms with Gasteiger partial charge in [0, 0.05) is 18.8 Å². The Hall–Kier alpha value is -1.05. The molecule has 1 unspecified atom stereocenters. The fraction of sp³-hybridized carbons (Fsp3) is 0.375. The van der Waals surface area contributed by atoms with E-state index in [2.05, 4.69) is 16.4 Å². The van der Waals surface area contributed by atoms with Crippen molar-refractivity contribution in [2.45, 2.75) is 12.5 Å². The van der Waals surface area contributed by atoms with Gasteiger partial charge in [-0.25, -0.2) is 0 Å². The van der Waals surface area contributed by atoms with E-state index in [4.69, 9.17) is 0 Å². The van der Waals surface area contributed by atoms with Crippen LogP contribution in [-0.4, -0.2) is 18.8 Å². The molecule has 0 fully saturated rings. The van der Waals surface area contributed by atoms with Crippen LogP contribution in [-0.2, 0) is 0 Å². The van der Waals surface area contributed by atoms with Gasteiger partial charge in [0.2, 0.25) is 0 Å². The summed E-state index contributed by atoms with van der Waals surface area (Å²) in [7, 11) is 0. The van der Waals surface area contributed by atoms with Crippen LogP contribution in [0.15, 0.2) is 28.9 Å². The van der Waals surface area contributed by atoms with Gasteiger partial charge in [0.05, 0.1) is 12.6 Å². The molecule has 2 heterocycles. The number of hydrogen-bond donors (Lipinski definition) is 0. The van der Waals surface area contributed by atoms with Crippen molar-refractivity contribution >= 4 is 6.21 Å². The fourth-order valence-electron chi connectivity index (χ4n) is 1.23. The quantitative estimate of drug-likeness (QED) is 0.469. The highest BCUT2D eigenvalue weighted by Crippen LogP contribution is 2.15. The Kier molecular flexibility index (Phi) is 1.31. The lowest BCUT2D eigenvalue weighted by atomic mass is 10.0. The molecule has 0 spiro atoms. The highest BCUT2D eigenvalue weighted by molar-refractivity contribution is 5.63. The Morgan fingerprint density at radius 2 is 2.50 bits per heavy atom. The van der Waals surface area contributed by atoms with Gasteiger partial charge in [0.15, 0.2) is 0 Å². The van der Waals surface area contributed by atoms with Crippen LogP contribution in [0.4, 0.5) is 0 Å². The zero-order valence-corrected chi connectivity index (χ0v) is 5.70. The number of dihydropyridines is 1. The van der Waals surface area contributed by atoms with Gasteiger partial charge in [-0.15, -0.1) is 0 Å². The lowest BCUT2D eigenvalue weighted by Crippen LogP contribution is -2.24. The lowest BCUT2D eigenvalue weighted by molar-refractivity contribution is 0.685. The first-order chi connectivity index (χ1) is 4.97. The number of rotatable bonds is 0. The van der Waals surface area contributed by atoms with Gasteiger partial charge < -0.3 is 0 Å². The molecule has 0 bridgehead atoms. The van der Waals surface area contributed by atoms with Gasteiger partial charge in [0.25, 0.3) is 0 Å². The van der Waals surface area contributed by atoms with Gasteiger partial charge in [0.1, 0.15) is 0 Å². The van der Waals surface area contributed by atoms with E-state index in [0.717, 1.165) is 13.0 Å². The Labute approximate surface area is 60.3 Å². The molecule has 0 amide bonds. The van der Waals surface area contributed by atoms with Crippen LogP contribution in [0.2, 0.25) is 0 Å². The van der Waals surface area contributed by atoms with Crippen LogP contribution in [0.1, 0.15) is 6.42 Å². The summed E-state index contributed by atoms with van der Waals surface area (Å²) in [5, 5.41) is 4.13. The van der Waals surface area contributed by atoms with E-state index in [1.807, 2.05) is 18.5 Å². The Balaban J connectivity index is 2.26. The summed E-state index contributed by atoms with van der Waals surface area (Å²) in [4.78, 5) is 4.31. The topological polar surface area (TPSA) is 26.5 Å². The minimum absolute atomic E-state index is 0.332. The van der Waals surface area contributed by atoms with E-state index >= 15 is 0 Å². The largest absolute Gasteiger partial charge is 0.291 e. The number of fused-ring (bicyclic) bond motifs is 1. The maximum atomic E-state index is 4.31. The third-order valence-electron chi connectivity index (χ3n) is 1.78. The number of allylic oxidation sites excluding steroid dienone is 1. The number of nitrogens with zero attached hydrogens (tertiary/aromatic N) is 2. The molecule has 2 rings (SSSR count). The summed E-state index contributed by atoms with van der Waals surface area (Å²) >= 11 is 0. The van der Waals surface area contributed by atoms with Crippen molar-refractivity contribution in [1.29, 1.82) is 0 Å². The third-order valence-corrected chi connectivity index (χ3v) is 1.78. The van der Waals surface area contributed by atoms with Gasteiger partial charge in [-0.3, -0.25) is 10.3 Å². The summed E-state index contributed by atoms with van der Waals surface area (Å²) in [5.74, 6) is 0. The molecule has 2 aliphatic rings.